The van der Waals surface area contributed by atoms with Crippen LogP contribution in [0.4, 0.5) is 5.69 Å². The Morgan fingerprint density at radius 2 is 1.53 bits per heavy atom. The molecule has 0 bridgehead atoms. The van der Waals surface area contributed by atoms with Gasteiger partial charge in [0.25, 0.3) is 0 Å². The number of anilines is 1. The number of nitrogens with zero attached hydrogens (tertiary/aromatic N) is 2. The maximum absolute atomic E-state index is 6.30. The summed E-state index contributed by atoms with van der Waals surface area (Å²) >= 11 is 12.1. The number of hydrogen-bond acceptors (Lipinski definition) is 3. The van der Waals surface area contributed by atoms with E-state index in [9.17, 15) is 0 Å². The van der Waals surface area contributed by atoms with Crippen LogP contribution in [0.15, 0.2) is 83.3 Å². The summed E-state index contributed by atoms with van der Waals surface area (Å²) in [7, 11) is 0. The zero-order valence-electron chi connectivity index (χ0n) is 16.4. The Labute approximate surface area is 186 Å². The molecule has 0 unspecified atom stereocenters. The zero-order valence-corrected chi connectivity index (χ0v) is 18.0. The Morgan fingerprint density at radius 1 is 0.800 bits per heavy atom. The van der Waals surface area contributed by atoms with Crippen LogP contribution in [0, 0.1) is 0 Å². The average Bonchev–Trinajstić information content (AvgIpc) is 3.29. The normalized spacial score (nSPS) is 14.3. The van der Waals surface area contributed by atoms with Crippen LogP contribution in [0.2, 0.25) is 5.02 Å². The number of furan rings is 1. The molecule has 150 valence electrons. The fraction of sp³-hybridized carbons (Fsp3) is 0.160. The Bertz CT molecular complexity index is 1210. The summed E-state index contributed by atoms with van der Waals surface area (Å²) in [5.41, 5.74) is 2.17. The van der Waals surface area contributed by atoms with Crippen LogP contribution < -0.4 is 4.90 Å². The molecule has 1 fully saturated rings. The van der Waals surface area contributed by atoms with E-state index in [-0.39, 0.29) is 0 Å². The van der Waals surface area contributed by atoms with E-state index in [0.717, 1.165) is 48.3 Å². The maximum Gasteiger partial charge on any atom is 0.162 e. The highest BCUT2D eigenvalue weighted by Crippen LogP contribution is 2.30. The molecule has 0 aliphatic carbocycles. The van der Waals surface area contributed by atoms with E-state index < -0.39 is 0 Å². The number of thiocarbonyl (C=S) groups is 1. The molecule has 30 heavy (non-hydrogen) atoms. The van der Waals surface area contributed by atoms with Gasteiger partial charge in [-0.1, -0.05) is 72.3 Å². The molecule has 1 aliphatic heterocycles. The molecule has 3 aromatic carbocycles. The molecule has 0 radical (unpaired) electrons. The highest BCUT2D eigenvalue weighted by atomic mass is 35.5. The number of halogens is 1. The summed E-state index contributed by atoms with van der Waals surface area (Å²) in [6.45, 7) is 3.58. The van der Waals surface area contributed by atoms with Crippen LogP contribution in [0.5, 0.6) is 0 Å². The van der Waals surface area contributed by atoms with Crippen molar-refractivity contribution in [2.45, 2.75) is 0 Å². The van der Waals surface area contributed by atoms with Crippen LogP contribution >= 0.6 is 23.8 Å². The van der Waals surface area contributed by atoms with Gasteiger partial charge in [0.1, 0.15) is 10.7 Å². The third-order valence-corrected chi connectivity index (χ3v) is 6.42. The highest BCUT2D eigenvalue weighted by Gasteiger charge is 2.23. The molecule has 1 aliphatic rings. The monoisotopic (exact) mass is 432 g/mol. The van der Waals surface area contributed by atoms with Gasteiger partial charge in [-0.05, 0) is 35.7 Å². The largest absolute Gasteiger partial charge is 0.454 e. The van der Waals surface area contributed by atoms with E-state index in [1.165, 1.54) is 16.5 Å². The molecule has 0 saturated carbocycles. The van der Waals surface area contributed by atoms with Crippen molar-refractivity contribution < 1.29 is 4.42 Å². The van der Waals surface area contributed by atoms with E-state index in [0.29, 0.717) is 5.02 Å². The maximum atomic E-state index is 6.30. The molecule has 1 saturated heterocycles. The molecule has 2 heterocycles. The first kappa shape index (κ1) is 19.2. The lowest BCUT2D eigenvalue weighted by Crippen LogP contribution is -2.48. The van der Waals surface area contributed by atoms with Crippen molar-refractivity contribution in [3.05, 3.63) is 89.6 Å². The molecule has 1 aromatic heterocycles. The van der Waals surface area contributed by atoms with Gasteiger partial charge in [0.05, 0.1) is 5.02 Å². The molecule has 0 amide bonds. The van der Waals surface area contributed by atoms with Crippen molar-refractivity contribution in [1.82, 2.24) is 4.90 Å². The molecule has 3 nitrogen and oxygen atoms in total. The molecule has 4 aromatic rings. The average molecular weight is 433 g/mol. The number of fused-ring (bicyclic) bond motifs is 1. The van der Waals surface area contributed by atoms with E-state index in [4.69, 9.17) is 28.2 Å². The van der Waals surface area contributed by atoms with Gasteiger partial charge in [-0.25, -0.2) is 0 Å². The van der Waals surface area contributed by atoms with Crippen molar-refractivity contribution in [3.8, 4) is 11.3 Å². The molecule has 0 spiro atoms. The molecule has 0 N–H and O–H groups in total. The van der Waals surface area contributed by atoms with Gasteiger partial charge in [-0.3, -0.25) is 0 Å². The van der Waals surface area contributed by atoms with Crippen LogP contribution in [0.1, 0.15) is 5.76 Å². The second kappa shape index (κ2) is 8.13. The number of rotatable bonds is 3. The first-order valence-corrected chi connectivity index (χ1v) is 10.9. The summed E-state index contributed by atoms with van der Waals surface area (Å²) < 4.78 is 6.05. The fourth-order valence-electron chi connectivity index (χ4n) is 4.05. The van der Waals surface area contributed by atoms with Crippen LogP contribution in [-0.4, -0.2) is 36.1 Å². The minimum absolute atomic E-state index is 0.674. The highest BCUT2D eigenvalue weighted by molar-refractivity contribution is 7.80. The first-order chi connectivity index (χ1) is 14.7. The zero-order chi connectivity index (χ0) is 20.5. The van der Waals surface area contributed by atoms with E-state index in [1.54, 1.807) is 0 Å². The standard InChI is InChI=1S/C25H21ClN2OS/c26-21-10-4-3-9-20(21)23-12-13-24(29-23)25(30)28-16-14-27(15-17-28)22-11-5-7-18-6-1-2-8-19(18)22/h1-13H,14-17H2. The molecule has 5 rings (SSSR count). The summed E-state index contributed by atoms with van der Waals surface area (Å²) in [5.74, 6) is 1.46. The Kier molecular flexibility index (Phi) is 5.19. The van der Waals surface area contributed by atoms with Crippen molar-refractivity contribution in [3.63, 3.8) is 0 Å². The molecule has 5 heteroatoms. The van der Waals surface area contributed by atoms with Crippen molar-refractivity contribution in [1.29, 1.82) is 0 Å². The summed E-state index contributed by atoms with van der Waals surface area (Å²) in [5, 5.41) is 3.25. The van der Waals surface area contributed by atoms with Crippen LogP contribution in [-0.2, 0) is 0 Å². The van der Waals surface area contributed by atoms with Gasteiger partial charge in [0, 0.05) is 42.8 Å². The second-order valence-corrected chi connectivity index (χ2v) is 8.22. The third kappa shape index (κ3) is 3.57. The van der Waals surface area contributed by atoms with E-state index in [2.05, 4.69) is 52.3 Å². The lowest BCUT2D eigenvalue weighted by Gasteiger charge is -2.37. The lowest BCUT2D eigenvalue weighted by atomic mass is 10.1. The first-order valence-electron chi connectivity index (χ1n) is 10.1. The van der Waals surface area contributed by atoms with Gasteiger partial charge in [0.15, 0.2) is 5.76 Å². The Morgan fingerprint density at radius 3 is 2.37 bits per heavy atom. The smallest absolute Gasteiger partial charge is 0.162 e. The van der Waals surface area contributed by atoms with Crippen molar-refractivity contribution in [2.24, 2.45) is 0 Å². The topological polar surface area (TPSA) is 19.6 Å². The van der Waals surface area contributed by atoms with Crippen molar-refractivity contribution in [2.75, 3.05) is 31.1 Å². The predicted octanol–water partition coefficient (Wildman–Crippen LogP) is 6.25. The second-order valence-electron chi connectivity index (χ2n) is 7.42. The van der Waals surface area contributed by atoms with Gasteiger partial charge >= 0.3 is 0 Å². The van der Waals surface area contributed by atoms with Gasteiger partial charge in [0.2, 0.25) is 0 Å². The van der Waals surface area contributed by atoms with Gasteiger partial charge in [-0.2, -0.15) is 0 Å². The lowest BCUT2D eigenvalue weighted by molar-refractivity contribution is 0.385. The van der Waals surface area contributed by atoms with Gasteiger partial charge < -0.3 is 14.2 Å². The van der Waals surface area contributed by atoms with E-state index >= 15 is 0 Å². The molecule has 0 atom stereocenters. The SMILES string of the molecule is S=C(c1ccc(-c2ccccc2Cl)o1)N1CCN(c2cccc3ccccc23)CC1. The quantitative estimate of drug-likeness (QED) is 0.356. The predicted molar refractivity (Wildman–Crippen MR) is 129 cm³/mol. The summed E-state index contributed by atoms with van der Waals surface area (Å²) in [6.07, 6.45) is 0. The Hall–Kier alpha value is -2.82. The third-order valence-electron chi connectivity index (χ3n) is 5.63. The van der Waals surface area contributed by atoms with Crippen LogP contribution in [0.3, 0.4) is 0 Å². The fourth-order valence-corrected chi connectivity index (χ4v) is 4.57. The number of hydrogen-bond donors (Lipinski definition) is 0. The summed E-state index contributed by atoms with van der Waals surface area (Å²) in [6, 6.07) is 26.6. The van der Waals surface area contributed by atoms with E-state index in [1.807, 2.05) is 36.4 Å². The molecular formula is C25H21ClN2OS. The molecular weight excluding hydrogens is 412 g/mol. The Balaban J connectivity index is 1.30. The number of piperazine rings is 1. The summed E-state index contributed by atoms with van der Waals surface area (Å²) in [4.78, 5) is 5.43. The van der Waals surface area contributed by atoms with Gasteiger partial charge in [-0.15, -0.1) is 0 Å². The number of benzene rings is 3. The van der Waals surface area contributed by atoms with Crippen molar-refractivity contribution >= 4 is 45.3 Å². The minimum Gasteiger partial charge on any atom is -0.454 e. The van der Waals surface area contributed by atoms with Crippen LogP contribution in [0.25, 0.3) is 22.1 Å². The minimum atomic E-state index is 0.674.